The molecule has 3 aliphatic carbocycles. The van der Waals surface area contributed by atoms with Crippen LogP contribution < -0.4 is 4.90 Å². The Bertz CT molecular complexity index is 2020. The Hall–Kier alpha value is -5.11. The Morgan fingerprint density at radius 2 is 1.59 bits per heavy atom. The number of nitrogens with zero attached hydrogens (tertiary/aromatic N) is 2. The molecule has 1 aromatic heterocycles. The van der Waals surface area contributed by atoms with Crippen LogP contribution in [-0.2, 0) is 19.2 Å². The number of allylic oxidation sites excluding steroid dienone is 4. The number of aromatic hydroxyl groups is 1. The summed E-state index contributed by atoms with van der Waals surface area (Å²) in [5, 5.41) is 10.1. The number of benzene rings is 3. The van der Waals surface area contributed by atoms with Gasteiger partial charge in [0.2, 0.25) is 17.7 Å². The van der Waals surface area contributed by atoms with Crippen LogP contribution in [0, 0.1) is 29.1 Å². The van der Waals surface area contributed by atoms with Crippen LogP contribution in [0.4, 0.5) is 5.69 Å². The van der Waals surface area contributed by atoms with Crippen molar-refractivity contribution in [1.82, 2.24) is 4.98 Å². The van der Waals surface area contributed by atoms with Crippen molar-refractivity contribution >= 4 is 40.2 Å². The van der Waals surface area contributed by atoms with Crippen LogP contribution in [0.1, 0.15) is 45.1 Å². The molecule has 0 bridgehead atoms. The van der Waals surface area contributed by atoms with E-state index in [9.17, 15) is 24.3 Å². The second kappa shape index (κ2) is 9.94. The van der Waals surface area contributed by atoms with Gasteiger partial charge in [-0.25, -0.2) is 4.98 Å². The van der Waals surface area contributed by atoms with E-state index < -0.39 is 29.1 Å². The van der Waals surface area contributed by atoms with Crippen LogP contribution in [0.2, 0.25) is 0 Å². The number of ketones is 2. The molecule has 1 saturated heterocycles. The lowest BCUT2D eigenvalue weighted by Crippen LogP contribution is -2.55. The molecular formula is C38H32N2O6. The van der Waals surface area contributed by atoms with E-state index >= 15 is 0 Å². The smallest absolute Gasteiger partial charge is 0.238 e. The Morgan fingerprint density at radius 3 is 2.30 bits per heavy atom. The molecule has 1 N–H and O–H groups in total. The largest absolute Gasteiger partial charge is 0.508 e. The van der Waals surface area contributed by atoms with Gasteiger partial charge in [-0.2, -0.15) is 0 Å². The van der Waals surface area contributed by atoms with E-state index in [2.05, 4.69) is 4.98 Å². The molecular weight excluding hydrogens is 580 g/mol. The van der Waals surface area contributed by atoms with E-state index in [1.54, 1.807) is 62.4 Å². The molecule has 3 aromatic carbocycles. The summed E-state index contributed by atoms with van der Waals surface area (Å²) in [7, 11) is 0. The molecule has 4 aromatic rings. The number of hydrogen-bond donors (Lipinski definition) is 1. The number of rotatable bonds is 3. The second-order valence-corrected chi connectivity index (χ2v) is 13.3. The van der Waals surface area contributed by atoms with Crippen molar-refractivity contribution < 1.29 is 28.7 Å². The number of amides is 2. The average Bonchev–Trinajstić information content (AvgIpc) is 3.61. The number of carbonyl (C=O) groups is 4. The maximum Gasteiger partial charge on any atom is 0.238 e. The van der Waals surface area contributed by atoms with Gasteiger partial charge in [-0.15, -0.1) is 0 Å². The van der Waals surface area contributed by atoms with Gasteiger partial charge in [0.25, 0.3) is 0 Å². The number of aromatic nitrogens is 1. The summed E-state index contributed by atoms with van der Waals surface area (Å²) in [6.45, 7) is 5.30. The first kappa shape index (κ1) is 28.4. The van der Waals surface area contributed by atoms with Crippen molar-refractivity contribution in [2.75, 3.05) is 4.90 Å². The summed E-state index contributed by atoms with van der Waals surface area (Å²) in [6, 6.07) is 21.3. The standard InChI is InChI=1S/C38H32N2O6/c1-19-20(2)34(43)38(3)28(33(19)42)18-27-25(32(38)21-10-14-24(41)15-11-21)16-17-26-31(27)37(45)40(36(26)44)23-12-8-22(9-13-23)35-39-29-6-4-5-7-30(29)46-35/h4-16,26-28,31-32,41H,17-18H2,1-3H3/t26-,27+,28-,31-,32-,38+/m0/s1. The van der Waals surface area contributed by atoms with Crippen molar-refractivity contribution in [3.05, 3.63) is 101 Å². The minimum absolute atomic E-state index is 0.0661. The van der Waals surface area contributed by atoms with E-state index in [4.69, 9.17) is 4.42 Å². The zero-order valence-electron chi connectivity index (χ0n) is 25.7. The highest BCUT2D eigenvalue weighted by molar-refractivity contribution is 6.22. The summed E-state index contributed by atoms with van der Waals surface area (Å²) in [4.78, 5) is 62.1. The summed E-state index contributed by atoms with van der Waals surface area (Å²) in [6.07, 6.45) is 2.72. The molecule has 230 valence electrons. The highest BCUT2D eigenvalue weighted by Crippen LogP contribution is 2.63. The quantitative estimate of drug-likeness (QED) is 0.206. The third kappa shape index (κ3) is 3.82. The van der Waals surface area contributed by atoms with E-state index in [1.165, 1.54) is 4.90 Å². The maximum absolute atomic E-state index is 14.3. The Kier molecular flexibility index (Phi) is 6.13. The first-order valence-corrected chi connectivity index (χ1v) is 15.7. The summed E-state index contributed by atoms with van der Waals surface area (Å²) in [5.74, 6) is -2.86. The van der Waals surface area contributed by atoms with Crippen molar-refractivity contribution in [2.45, 2.75) is 39.5 Å². The number of imide groups is 1. The van der Waals surface area contributed by atoms with Gasteiger partial charge < -0.3 is 9.52 Å². The lowest BCUT2D eigenvalue weighted by molar-refractivity contribution is -0.142. The monoisotopic (exact) mass is 612 g/mol. The lowest BCUT2D eigenvalue weighted by atomic mass is 9.46. The molecule has 6 atom stereocenters. The number of anilines is 1. The molecule has 2 amide bonds. The molecule has 8 rings (SSSR count). The zero-order chi connectivity index (χ0) is 32.1. The van der Waals surface area contributed by atoms with Gasteiger partial charge in [0.15, 0.2) is 17.1 Å². The fraction of sp³-hybridized carbons (Fsp3) is 0.289. The highest BCUT2D eigenvalue weighted by Gasteiger charge is 2.64. The van der Waals surface area contributed by atoms with Gasteiger partial charge in [-0.05, 0) is 97.8 Å². The minimum Gasteiger partial charge on any atom is -0.508 e. The number of carbonyl (C=O) groups excluding carboxylic acids is 4. The topological polar surface area (TPSA) is 118 Å². The maximum atomic E-state index is 14.3. The molecule has 0 radical (unpaired) electrons. The van der Waals surface area contributed by atoms with Gasteiger partial charge in [-0.1, -0.05) is 42.8 Å². The Balaban J connectivity index is 1.17. The van der Waals surface area contributed by atoms with Gasteiger partial charge >= 0.3 is 0 Å². The number of hydrogen-bond acceptors (Lipinski definition) is 7. The average molecular weight is 613 g/mol. The van der Waals surface area contributed by atoms with Crippen LogP contribution in [-0.4, -0.2) is 33.5 Å². The number of Topliss-reactive ketones (excluding diaryl/α,β-unsaturated/α-hetero) is 2. The second-order valence-electron chi connectivity index (χ2n) is 13.3. The molecule has 1 aliphatic heterocycles. The molecule has 0 unspecified atom stereocenters. The number of oxazole rings is 1. The normalized spacial score (nSPS) is 29.2. The Morgan fingerprint density at radius 1 is 0.870 bits per heavy atom. The van der Waals surface area contributed by atoms with Crippen molar-refractivity contribution in [3.8, 4) is 17.2 Å². The first-order valence-electron chi connectivity index (χ1n) is 15.7. The van der Waals surface area contributed by atoms with Crippen molar-refractivity contribution in [2.24, 2.45) is 29.1 Å². The van der Waals surface area contributed by atoms with Crippen LogP contribution in [0.5, 0.6) is 5.75 Å². The summed E-state index contributed by atoms with van der Waals surface area (Å²) >= 11 is 0. The van der Waals surface area contributed by atoms with Gasteiger partial charge in [0.1, 0.15) is 11.3 Å². The van der Waals surface area contributed by atoms with Crippen LogP contribution in [0.15, 0.2) is 100 Å². The zero-order valence-corrected chi connectivity index (χ0v) is 25.7. The number of phenols is 1. The van der Waals surface area contributed by atoms with Crippen molar-refractivity contribution in [3.63, 3.8) is 0 Å². The molecule has 8 nitrogen and oxygen atoms in total. The van der Waals surface area contributed by atoms with Crippen molar-refractivity contribution in [1.29, 1.82) is 0 Å². The predicted octanol–water partition coefficient (Wildman–Crippen LogP) is 6.55. The molecule has 1 saturated carbocycles. The molecule has 46 heavy (non-hydrogen) atoms. The molecule has 0 spiro atoms. The lowest BCUT2D eigenvalue weighted by Gasteiger charge is -2.54. The molecule has 2 heterocycles. The van der Waals surface area contributed by atoms with E-state index in [0.29, 0.717) is 41.1 Å². The van der Waals surface area contributed by atoms with Crippen LogP contribution >= 0.6 is 0 Å². The summed E-state index contributed by atoms with van der Waals surface area (Å²) < 4.78 is 5.90. The van der Waals surface area contributed by atoms with Crippen LogP contribution in [0.3, 0.4) is 0 Å². The first-order chi connectivity index (χ1) is 22.1. The van der Waals surface area contributed by atoms with Crippen LogP contribution in [0.25, 0.3) is 22.6 Å². The predicted molar refractivity (Wildman–Crippen MR) is 171 cm³/mol. The Labute approximate surface area is 265 Å². The third-order valence-electron chi connectivity index (χ3n) is 11.1. The highest BCUT2D eigenvalue weighted by atomic mass is 16.3. The third-order valence-corrected chi connectivity index (χ3v) is 11.1. The minimum atomic E-state index is -1.06. The SMILES string of the molecule is CC1=C(C)C(=O)[C@@]2(C)[C@@H](c3ccc(O)cc3)C3=CC[C@@H]4C(=O)N(c5ccc(-c6nc7ccccc7o6)cc5)C(=O)[C@@H]4[C@@H]3C[C@H]2C1=O. The van der Waals surface area contributed by atoms with Gasteiger partial charge in [0.05, 0.1) is 22.9 Å². The number of fused-ring (bicyclic) bond motifs is 5. The fourth-order valence-corrected chi connectivity index (χ4v) is 8.63. The summed E-state index contributed by atoms with van der Waals surface area (Å²) in [5.41, 5.74) is 4.22. The van der Waals surface area contributed by atoms with E-state index in [1.807, 2.05) is 37.3 Å². The fourth-order valence-electron chi connectivity index (χ4n) is 8.63. The van der Waals surface area contributed by atoms with E-state index in [-0.39, 0.29) is 35.0 Å². The number of para-hydroxylation sites is 2. The van der Waals surface area contributed by atoms with Gasteiger partial charge in [-0.3, -0.25) is 24.1 Å². The molecule has 8 heteroatoms. The van der Waals surface area contributed by atoms with Gasteiger partial charge in [0, 0.05) is 17.4 Å². The van der Waals surface area contributed by atoms with E-state index in [0.717, 1.165) is 22.2 Å². The molecule has 4 aliphatic rings. The molecule has 2 fully saturated rings. The number of phenolic OH excluding ortho intramolecular Hbond substituents is 1.